The van der Waals surface area contributed by atoms with E-state index in [1.54, 1.807) is 36.4 Å². The Hall–Kier alpha value is -4.09. The molecule has 9 heteroatoms. The second-order valence-corrected chi connectivity index (χ2v) is 12.4. The van der Waals surface area contributed by atoms with Gasteiger partial charge < -0.3 is 20.9 Å². The number of carbonyl (C=O) groups excluding carboxylic acids is 3. The van der Waals surface area contributed by atoms with E-state index in [0.717, 1.165) is 25.4 Å². The Morgan fingerprint density at radius 3 is 2.19 bits per heavy atom. The van der Waals surface area contributed by atoms with Gasteiger partial charge in [-0.25, -0.2) is 0 Å². The molecular weight excluding hydrogens is 671 g/mol. The average molecular weight is 705 g/mol. The molecule has 0 aliphatic heterocycles. The Morgan fingerprint density at radius 2 is 1.53 bits per heavy atom. The summed E-state index contributed by atoms with van der Waals surface area (Å²) in [5.74, 6) is -0.940. The Bertz CT molecular complexity index is 1590. The molecule has 0 spiro atoms. The molecule has 0 radical (unpaired) electrons. The molecule has 0 aromatic heterocycles. The van der Waals surface area contributed by atoms with Crippen LogP contribution in [0.5, 0.6) is 0 Å². The average Bonchev–Trinajstić information content (AvgIpc) is 3.01. The molecule has 0 fully saturated rings. The topological polar surface area (TPSA) is 90.5 Å². The number of halogens is 1. The van der Waals surface area contributed by atoms with Gasteiger partial charge in [0.1, 0.15) is 5.70 Å². The predicted octanol–water partition coefficient (Wildman–Crippen LogP) is 7.28. The maximum absolute atomic E-state index is 13.5. The number of hydrogen-bond acceptors (Lipinski definition) is 5. The van der Waals surface area contributed by atoms with Crippen LogP contribution in [-0.4, -0.2) is 37.1 Å². The van der Waals surface area contributed by atoms with E-state index >= 15 is 0 Å². The van der Waals surface area contributed by atoms with Crippen molar-refractivity contribution in [2.75, 3.05) is 29.6 Å². The first kappa shape index (κ1) is 31.8. The zero-order chi connectivity index (χ0) is 30.8. The highest BCUT2D eigenvalue weighted by Crippen LogP contribution is 2.29. The number of amides is 3. The first-order chi connectivity index (χ1) is 20.7. The van der Waals surface area contributed by atoms with Gasteiger partial charge in [-0.1, -0.05) is 43.3 Å². The molecule has 43 heavy (non-hydrogen) atoms. The summed E-state index contributed by atoms with van der Waals surface area (Å²) in [5, 5.41) is 8.35. The van der Waals surface area contributed by atoms with Gasteiger partial charge in [0.05, 0.1) is 5.25 Å². The van der Waals surface area contributed by atoms with E-state index < -0.39 is 5.91 Å². The second-order valence-electron chi connectivity index (χ2n) is 9.86. The third-order valence-electron chi connectivity index (χ3n) is 6.39. The number of rotatable bonds is 11. The van der Waals surface area contributed by atoms with Crippen molar-refractivity contribution in [3.05, 3.63) is 124 Å². The van der Waals surface area contributed by atoms with E-state index in [2.05, 4.69) is 38.5 Å². The van der Waals surface area contributed by atoms with E-state index in [-0.39, 0.29) is 22.8 Å². The molecule has 4 aromatic carbocycles. The lowest BCUT2D eigenvalue weighted by molar-refractivity contribution is -0.116. The van der Waals surface area contributed by atoms with Crippen molar-refractivity contribution in [3.63, 3.8) is 0 Å². The zero-order valence-corrected chi connectivity index (χ0v) is 27.1. The predicted molar refractivity (Wildman–Crippen MR) is 185 cm³/mol. The van der Waals surface area contributed by atoms with Crippen LogP contribution in [0.1, 0.15) is 29.3 Å². The van der Waals surface area contributed by atoms with Crippen LogP contribution in [0.2, 0.25) is 0 Å². The maximum atomic E-state index is 13.5. The van der Waals surface area contributed by atoms with Crippen LogP contribution in [0.15, 0.2) is 114 Å². The molecule has 0 bridgehead atoms. The SMILES string of the molecule is CCC(Sc1cccc(NC(=O)/C(=C\c2ccc(N(C)C)cc2)NC(=O)c2ccccc2)c1)C(=O)Nc1ccc(I)cc1. The fraction of sp³-hybridized carbons (Fsp3) is 0.147. The van der Waals surface area contributed by atoms with Crippen LogP contribution < -0.4 is 20.9 Å². The molecular formula is C34H33IN4O3S. The number of thioether (sulfide) groups is 1. The molecule has 3 N–H and O–H groups in total. The maximum Gasteiger partial charge on any atom is 0.272 e. The van der Waals surface area contributed by atoms with Crippen LogP contribution in [0.4, 0.5) is 17.1 Å². The van der Waals surface area contributed by atoms with Gasteiger partial charge in [0.25, 0.3) is 11.8 Å². The van der Waals surface area contributed by atoms with Crippen molar-refractivity contribution < 1.29 is 14.4 Å². The summed E-state index contributed by atoms with van der Waals surface area (Å²) in [6, 6.07) is 31.4. The minimum Gasteiger partial charge on any atom is -0.378 e. The summed E-state index contributed by atoms with van der Waals surface area (Å²) in [4.78, 5) is 42.3. The van der Waals surface area contributed by atoms with E-state index in [1.165, 1.54) is 11.8 Å². The van der Waals surface area contributed by atoms with Gasteiger partial charge in [0.15, 0.2) is 0 Å². The monoisotopic (exact) mass is 704 g/mol. The Balaban J connectivity index is 1.51. The van der Waals surface area contributed by atoms with Gasteiger partial charge in [-0.3, -0.25) is 14.4 Å². The number of anilines is 3. The van der Waals surface area contributed by atoms with Crippen molar-refractivity contribution in [1.29, 1.82) is 0 Å². The standard InChI is InChI=1S/C34H33IN4O3S/c1-4-31(34(42)36-26-17-15-25(35)16-18-26)43-29-12-8-11-27(22-29)37-33(41)30(38-32(40)24-9-6-5-7-10-24)21-23-13-19-28(20-14-23)39(2)3/h5-22,31H,4H2,1-3H3,(H,36,42)(H,37,41)(H,38,40)/b30-21+. The molecule has 220 valence electrons. The molecule has 0 aliphatic rings. The van der Waals surface area contributed by atoms with Crippen molar-refractivity contribution in [1.82, 2.24) is 5.32 Å². The number of nitrogens with zero attached hydrogens (tertiary/aromatic N) is 1. The van der Waals surface area contributed by atoms with Crippen molar-refractivity contribution in [3.8, 4) is 0 Å². The second kappa shape index (κ2) is 15.4. The molecule has 4 aromatic rings. The molecule has 0 saturated carbocycles. The lowest BCUT2D eigenvalue weighted by Crippen LogP contribution is -2.30. The molecule has 7 nitrogen and oxygen atoms in total. The quantitative estimate of drug-likeness (QED) is 0.0868. The number of carbonyl (C=O) groups is 3. The normalized spacial score (nSPS) is 11.8. The molecule has 4 rings (SSSR count). The van der Waals surface area contributed by atoms with Crippen LogP contribution in [-0.2, 0) is 9.59 Å². The summed E-state index contributed by atoms with van der Waals surface area (Å²) < 4.78 is 1.09. The first-order valence-corrected chi connectivity index (χ1v) is 15.7. The number of benzene rings is 4. The summed E-state index contributed by atoms with van der Waals surface area (Å²) in [7, 11) is 3.91. The summed E-state index contributed by atoms with van der Waals surface area (Å²) >= 11 is 3.66. The lowest BCUT2D eigenvalue weighted by atomic mass is 10.1. The van der Waals surface area contributed by atoms with E-state index in [1.807, 2.05) is 98.7 Å². The number of hydrogen-bond donors (Lipinski definition) is 3. The summed E-state index contributed by atoms with van der Waals surface area (Å²) in [6.07, 6.45) is 2.28. The zero-order valence-electron chi connectivity index (χ0n) is 24.1. The third-order valence-corrected chi connectivity index (χ3v) is 8.47. The highest BCUT2D eigenvalue weighted by Gasteiger charge is 2.19. The molecule has 1 atom stereocenters. The molecule has 0 aliphatic carbocycles. The number of nitrogens with one attached hydrogen (secondary N) is 3. The molecule has 1 unspecified atom stereocenters. The fourth-order valence-electron chi connectivity index (χ4n) is 4.07. The van der Waals surface area contributed by atoms with Gasteiger partial charge in [0.2, 0.25) is 5.91 Å². The smallest absolute Gasteiger partial charge is 0.272 e. The van der Waals surface area contributed by atoms with Gasteiger partial charge in [-0.15, -0.1) is 11.8 Å². The van der Waals surface area contributed by atoms with Gasteiger partial charge >= 0.3 is 0 Å². The largest absolute Gasteiger partial charge is 0.378 e. The fourth-order valence-corrected chi connectivity index (χ4v) is 5.44. The van der Waals surface area contributed by atoms with Crippen molar-refractivity contribution in [2.24, 2.45) is 0 Å². The Kier molecular flexibility index (Phi) is 11.4. The van der Waals surface area contributed by atoms with Crippen LogP contribution in [0, 0.1) is 3.57 Å². The van der Waals surface area contributed by atoms with Crippen LogP contribution in [0.3, 0.4) is 0 Å². The molecule has 0 heterocycles. The Labute approximate surface area is 270 Å². The highest BCUT2D eigenvalue weighted by atomic mass is 127. The van der Waals surface area contributed by atoms with E-state index in [9.17, 15) is 14.4 Å². The van der Waals surface area contributed by atoms with Crippen LogP contribution in [0.25, 0.3) is 6.08 Å². The minimum atomic E-state index is -0.466. The summed E-state index contributed by atoms with van der Waals surface area (Å²) in [6.45, 7) is 1.97. The van der Waals surface area contributed by atoms with Crippen LogP contribution >= 0.6 is 34.4 Å². The Morgan fingerprint density at radius 1 is 0.837 bits per heavy atom. The van der Waals surface area contributed by atoms with Crippen molar-refractivity contribution in [2.45, 2.75) is 23.5 Å². The minimum absolute atomic E-state index is 0.0859. The highest BCUT2D eigenvalue weighted by molar-refractivity contribution is 14.1. The van der Waals surface area contributed by atoms with E-state index in [4.69, 9.17) is 0 Å². The third kappa shape index (κ3) is 9.45. The van der Waals surface area contributed by atoms with Gasteiger partial charge in [0, 0.05) is 45.2 Å². The van der Waals surface area contributed by atoms with Crippen molar-refractivity contribution >= 4 is 75.2 Å². The molecule has 0 saturated heterocycles. The first-order valence-electron chi connectivity index (χ1n) is 13.7. The van der Waals surface area contributed by atoms with Gasteiger partial charge in [-0.05, 0) is 107 Å². The van der Waals surface area contributed by atoms with Gasteiger partial charge in [-0.2, -0.15) is 0 Å². The summed E-state index contributed by atoms with van der Waals surface area (Å²) in [5.41, 5.74) is 3.62. The lowest BCUT2D eigenvalue weighted by Gasteiger charge is -2.16. The molecule has 3 amide bonds. The van der Waals surface area contributed by atoms with E-state index in [0.29, 0.717) is 17.7 Å².